The summed E-state index contributed by atoms with van der Waals surface area (Å²) in [6.07, 6.45) is 4.52. The van der Waals surface area contributed by atoms with Crippen LogP contribution in [0.4, 0.5) is 0 Å². The van der Waals surface area contributed by atoms with Gasteiger partial charge >= 0.3 is 0 Å². The van der Waals surface area contributed by atoms with Gasteiger partial charge in [0.25, 0.3) is 0 Å². The van der Waals surface area contributed by atoms with E-state index in [9.17, 15) is 9.59 Å². The zero-order valence-corrected chi connectivity index (χ0v) is 13.2. The van der Waals surface area contributed by atoms with E-state index in [2.05, 4.69) is 17.6 Å². The summed E-state index contributed by atoms with van der Waals surface area (Å²) < 4.78 is 0. The third kappa shape index (κ3) is 10.8. The van der Waals surface area contributed by atoms with Crippen LogP contribution < -0.4 is 16.4 Å². The van der Waals surface area contributed by atoms with E-state index in [-0.39, 0.29) is 18.4 Å². The molecule has 0 radical (unpaired) electrons. The van der Waals surface area contributed by atoms with Crippen molar-refractivity contribution in [3.63, 3.8) is 0 Å². The Balaban J connectivity index is 3.78. The highest BCUT2D eigenvalue weighted by atomic mass is 16.2. The Labute approximate surface area is 123 Å². The molecule has 0 aliphatic rings. The molecule has 0 spiro atoms. The Bertz CT molecular complexity index is 274. The molecule has 0 fully saturated rings. The van der Waals surface area contributed by atoms with Gasteiger partial charge in [0.15, 0.2) is 0 Å². The second kappa shape index (κ2) is 11.7. The Hall–Kier alpha value is -1.10. The molecule has 0 rings (SSSR count). The lowest BCUT2D eigenvalue weighted by molar-refractivity contribution is -0.126. The topological polar surface area (TPSA) is 84.2 Å². The van der Waals surface area contributed by atoms with Gasteiger partial charge in [0.05, 0.1) is 6.54 Å². The molecule has 4 N–H and O–H groups in total. The first-order chi connectivity index (χ1) is 9.49. The highest BCUT2D eigenvalue weighted by Gasteiger charge is 2.11. The molecule has 2 amide bonds. The Morgan fingerprint density at radius 2 is 1.75 bits per heavy atom. The average molecular weight is 285 g/mol. The van der Waals surface area contributed by atoms with Gasteiger partial charge in [0.1, 0.15) is 0 Å². The highest BCUT2D eigenvalue weighted by molar-refractivity contribution is 5.84. The van der Waals surface area contributed by atoms with Gasteiger partial charge in [0, 0.05) is 13.0 Å². The molecule has 0 heterocycles. The summed E-state index contributed by atoms with van der Waals surface area (Å²) >= 11 is 0. The minimum Gasteiger partial charge on any atom is -0.354 e. The number of nitrogens with two attached hydrogens (primary N) is 1. The van der Waals surface area contributed by atoms with Crippen molar-refractivity contribution in [2.24, 2.45) is 17.6 Å². The van der Waals surface area contributed by atoms with Gasteiger partial charge < -0.3 is 16.4 Å². The maximum absolute atomic E-state index is 11.7. The zero-order chi connectivity index (χ0) is 15.4. The smallest absolute Gasteiger partial charge is 0.239 e. The van der Waals surface area contributed by atoms with Crippen LogP contribution in [0.1, 0.15) is 52.9 Å². The van der Waals surface area contributed by atoms with Gasteiger partial charge in [-0.15, -0.1) is 0 Å². The summed E-state index contributed by atoms with van der Waals surface area (Å²) in [4.78, 5) is 23.1. The van der Waals surface area contributed by atoms with Crippen LogP contribution in [0.15, 0.2) is 0 Å². The van der Waals surface area contributed by atoms with Gasteiger partial charge in [-0.3, -0.25) is 9.59 Å². The second-order valence-corrected chi connectivity index (χ2v) is 5.75. The molecule has 0 aliphatic heterocycles. The second-order valence-electron chi connectivity index (χ2n) is 5.75. The van der Waals surface area contributed by atoms with Gasteiger partial charge in [0.2, 0.25) is 11.8 Å². The number of amides is 2. The molecule has 118 valence electrons. The SMILES string of the molecule is CCCC(CCN)CCC(=O)NCC(=O)NCC(C)C. The van der Waals surface area contributed by atoms with Crippen LogP contribution in [0, 0.1) is 11.8 Å². The van der Waals surface area contributed by atoms with Crippen LogP contribution >= 0.6 is 0 Å². The van der Waals surface area contributed by atoms with Crippen molar-refractivity contribution in [3.8, 4) is 0 Å². The lowest BCUT2D eigenvalue weighted by Gasteiger charge is -2.14. The van der Waals surface area contributed by atoms with Crippen LogP contribution in [0.2, 0.25) is 0 Å². The standard InChI is InChI=1S/C15H31N3O2/c1-4-5-13(8-9-16)6-7-14(19)18-11-15(20)17-10-12(2)3/h12-13H,4-11,16H2,1-3H3,(H,17,20)(H,18,19). The molecular weight excluding hydrogens is 254 g/mol. The fourth-order valence-electron chi connectivity index (χ4n) is 2.06. The van der Waals surface area contributed by atoms with Crippen molar-refractivity contribution in [1.29, 1.82) is 0 Å². The average Bonchev–Trinajstić information content (AvgIpc) is 2.40. The number of hydrogen-bond acceptors (Lipinski definition) is 3. The van der Waals surface area contributed by atoms with Crippen LogP contribution in [0.25, 0.3) is 0 Å². The van der Waals surface area contributed by atoms with E-state index in [4.69, 9.17) is 5.73 Å². The van der Waals surface area contributed by atoms with Gasteiger partial charge in [-0.05, 0) is 31.2 Å². The summed E-state index contributed by atoms with van der Waals surface area (Å²) in [7, 11) is 0. The number of nitrogens with one attached hydrogen (secondary N) is 2. The summed E-state index contributed by atoms with van der Waals surface area (Å²) in [5.74, 6) is 0.758. The fourth-order valence-corrected chi connectivity index (χ4v) is 2.06. The monoisotopic (exact) mass is 285 g/mol. The van der Waals surface area contributed by atoms with E-state index in [0.717, 1.165) is 25.7 Å². The quantitative estimate of drug-likeness (QED) is 0.537. The molecule has 0 saturated carbocycles. The molecule has 1 atom stereocenters. The largest absolute Gasteiger partial charge is 0.354 e. The molecule has 0 saturated heterocycles. The molecule has 1 unspecified atom stereocenters. The van der Waals surface area contributed by atoms with E-state index in [1.165, 1.54) is 0 Å². The Kier molecular flexibility index (Phi) is 11.1. The summed E-state index contributed by atoms with van der Waals surface area (Å²) in [5.41, 5.74) is 5.57. The van der Waals surface area contributed by atoms with Gasteiger partial charge in [-0.2, -0.15) is 0 Å². The first kappa shape index (κ1) is 18.9. The van der Waals surface area contributed by atoms with E-state index < -0.39 is 0 Å². The summed E-state index contributed by atoms with van der Waals surface area (Å²) in [5, 5.41) is 5.44. The molecule has 5 heteroatoms. The zero-order valence-electron chi connectivity index (χ0n) is 13.2. The number of carbonyl (C=O) groups is 2. The van der Waals surface area contributed by atoms with Crippen LogP contribution in [0.3, 0.4) is 0 Å². The van der Waals surface area contributed by atoms with Crippen molar-refractivity contribution in [1.82, 2.24) is 10.6 Å². The summed E-state index contributed by atoms with van der Waals surface area (Å²) in [6.45, 7) is 7.59. The lowest BCUT2D eigenvalue weighted by Crippen LogP contribution is -2.38. The van der Waals surface area contributed by atoms with Crippen LogP contribution in [-0.4, -0.2) is 31.4 Å². The van der Waals surface area contributed by atoms with Crippen LogP contribution in [0.5, 0.6) is 0 Å². The van der Waals surface area contributed by atoms with Crippen LogP contribution in [-0.2, 0) is 9.59 Å². The Morgan fingerprint density at radius 1 is 1.05 bits per heavy atom. The Morgan fingerprint density at radius 3 is 2.30 bits per heavy atom. The molecule has 0 aromatic carbocycles. The molecule has 0 aromatic heterocycles. The molecule has 20 heavy (non-hydrogen) atoms. The van der Waals surface area contributed by atoms with Gasteiger partial charge in [-0.25, -0.2) is 0 Å². The third-order valence-electron chi connectivity index (χ3n) is 3.21. The van der Waals surface area contributed by atoms with Gasteiger partial charge in [-0.1, -0.05) is 33.6 Å². The van der Waals surface area contributed by atoms with E-state index in [1.807, 2.05) is 13.8 Å². The minimum atomic E-state index is -0.126. The number of carbonyl (C=O) groups excluding carboxylic acids is 2. The highest BCUT2D eigenvalue weighted by Crippen LogP contribution is 2.16. The molecule has 0 aliphatic carbocycles. The molecule has 5 nitrogen and oxygen atoms in total. The predicted molar refractivity (Wildman–Crippen MR) is 82.2 cm³/mol. The van der Waals surface area contributed by atoms with E-state index in [1.54, 1.807) is 0 Å². The predicted octanol–water partition coefficient (Wildman–Crippen LogP) is 1.42. The van der Waals surface area contributed by atoms with Crippen molar-refractivity contribution in [2.75, 3.05) is 19.6 Å². The third-order valence-corrected chi connectivity index (χ3v) is 3.21. The number of rotatable bonds is 11. The minimum absolute atomic E-state index is 0.0529. The van der Waals surface area contributed by atoms with E-state index >= 15 is 0 Å². The fraction of sp³-hybridized carbons (Fsp3) is 0.867. The maximum Gasteiger partial charge on any atom is 0.239 e. The molecule has 0 bridgehead atoms. The van der Waals surface area contributed by atoms with Crippen molar-refractivity contribution >= 4 is 11.8 Å². The van der Waals surface area contributed by atoms with Crippen molar-refractivity contribution in [3.05, 3.63) is 0 Å². The summed E-state index contributed by atoms with van der Waals surface area (Å²) in [6, 6.07) is 0. The maximum atomic E-state index is 11.7. The lowest BCUT2D eigenvalue weighted by atomic mass is 9.94. The normalized spacial score (nSPS) is 12.2. The molecular formula is C15H31N3O2. The van der Waals surface area contributed by atoms with Crippen molar-refractivity contribution < 1.29 is 9.59 Å². The first-order valence-corrected chi connectivity index (χ1v) is 7.73. The van der Waals surface area contributed by atoms with Crippen molar-refractivity contribution in [2.45, 2.75) is 52.9 Å². The first-order valence-electron chi connectivity index (χ1n) is 7.73. The number of hydrogen-bond donors (Lipinski definition) is 3. The van der Waals surface area contributed by atoms with E-state index in [0.29, 0.717) is 31.3 Å². The molecule has 0 aromatic rings.